The first kappa shape index (κ1) is 20.4. The Labute approximate surface area is 188 Å². The highest BCUT2D eigenvalue weighted by molar-refractivity contribution is 5.83. The maximum absolute atomic E-state index is 13.8. The van der Waals surface area contributed by atoms with Gasteiger partial charge in [0.05, 0.1) is 23.1 Å². The van der Waals surface area contributed by atoms with Crippen LogP contribution in [0, 0.1) is 11.3 Å². The van der Waals surface area contributed by atoms with E-state index in [1.807, 2.05) is 31.2 Å². The highest BCUT2D eigenvalue weighted by Crippen LogP contribution is 2.42. The first-order chi connectivity index (χ1) is 16.0. The largest absolute Gasteiger partial charge is 0.382 e. The summed E-state index contributed by atoms with van der Waals surface area (Å²) in [7, 11) is 0. The fourth-order valence-electron chi connectivity index (χ4n) is 4.07. The molecular weight excluding hydrogens is 420 g/mol. The van der Waals surface area contributed by atoms with Gasteiger partial charge < -0.3 is 16.8 Å². The molecule has 0 saturated heterocycles. The molecule has 1 aliphatic rings. The minimum Gasteiger partial charge on any atom is -0.382 e. The van der Waals surface area contributed by atoms with E-state index in [4.69, 9.17) is 16.5 Å². The van der Waals surface area contributed by atoms with Gasteiger partial charge in [0.2, 0.25) is 5.95 Å². The molecule has 3 aromatic heterocycles. The third kappa shape index (κ3) is 3.51. The molecule has 1 aromatic carbocycles. The summed E-state index contributed by atoms with van der Waals surface area (Å²) < 4.78 is 1.53. The number of fused-ring (bicyclic) bond motifs is 1. The molecule has 11 nitrogen and oxygen atoms in total. The molecule has 166 valence electrons. The predicted octanol–water partition coefficient (Wildman–Crippen LogP) is 2.38. The zero-order chi connectivity index (χ0) is 23.1. The number of aromatic nitrogens is 6. The molecule has 1 atom stereocenters. The van der Waals surface area contributed by atoms with Gasteiger partial charge in [-0.1, -0.05) is 19.1 Å². The van der Waals surface area contributed by atoms with Gasteiger partial charge in [0.25, 0.3) is 5.56 Å². The summed E-state index contributed by atoms with van der Waals surface area (Å²) >= 11 is 0. The van der Waals surface area contributed by atoms with Crippen LogP contribution in [0.5, 0.6) is 0 Å². The minimum absolute atomic E-state index is 0.0196. The molecule has 1 fully saturated rings. The molecule has 0 spiro atoms. The normalized spacial score (nSPS) is 14.2. The van der Waals surface area contributed by atoms with Gasteiger partial charge in [0, 0.05) is 6.07 Å². The fourth-order valence-corrected chi connectivity index (χ4v) is 4.07. The lowest BCUT2D eigenvalue weighted by atomic mass is 10.0. The SMILES string of the molecule is CCC(Nc1nc(N)nc(N)c1C#N)c1nc2cccc(C3CC3)c2c(=O)n1-c1ccn[nH]1. The van der Waals surface area contributed by atoms with Gasteiger partial charge in [0.1, 0.15) is 29.1 Å². The summed E-state index contributed by atoms with van der Waals surface area (Å²) in [4.78, 5) is 26.7. The van der Waals surface area contributed by atoms with Gasteiger partial charge in [0.15, 0.2) is 5.82 Å². The molecule has 3 heterocycles. The molecule has 33 heavy (non-hydrogen) atoms. The number of rotatable bonds is 6. The predicted molar refractivity (Wildman–Crippen MR) is 124 cm³/mol. The van der Waals surface area contributed by atoms with Crippen molar-refractivity contribution in [3.63, 3.8) is 0 Å². The maximum Gasteiger partial charge on any atom is 0.267 e. The average molecular weight is 442 g/mol. The summed E-state index contributed by atoms with van der Waals surface area (Å²) in [5.41, 5.74) is 13.2. The van der Waals surface area contributed by atoms with Gasteiger partial charge in [-0.3, -0.25) is 9.89 Å². The topological polar surface area (TPSA) is 177 Å². The van der Waals surface area contributed by atoms with Crippen LogP contribution < -0.4 is 22.3 Å². The highest BCUT2D eigenvalue weighted by Gasteiger charge is 2.29. The van der Waals surface area contributed by atoms with Crippen LogP contribution >= 0.6 is 0 Å². The minimum atomic E-state index is -0.490. The van der Waals surface area contributed by atoms with E-state index in [-0.39, 0.29) is 28.7 Å². The van der Waals surface area contributed by atoms with Crippen molar-refractivity contribution in [3.05, 3.63) is 57.8 Å². The molecule has 11 heteroatoms. The Balaban J connectivity index is 1.73. The van der Waals surface area contributed by atoms with E-state index >= 15 is 0 Å². The van der Waals surface area contributed by atoms with E-state index in [1.165, 1.54) is 4.57 Å². The Kier molecular flexibility index (Phi) is 4.90. The number of hydrogen-bond acceptors (Lipinski definition) is 9. The van der Waals surface area contributed by atoms with Crippen LogP contribution in [0.2, 0.25) is 0 Å². The zero-order valence-corrected chi connectivity index (χ0v) is 17.9. The molecule has 0 aliphatic heterocycles. The Morgan fingerprint density at radius 1 is 1.27 bits per heavy atom. The summed E-state index contributed by atoms with van der Waals surface area (Å²) in [6.07, 6.45) is 4.24. The number of nitrogens with two attached hydrogens (primary N) is 2. The van der Waals surface area contributed by atoms with Crippen molar-refractivity contribution in [2.45, 2.75) is 38.1 Å². The molecule has 5 rings (SSSR count). The lowest BCUT2D eigenvalue weighted by Crippen LogP contribution is -2.29. The molecule has 1 aliphatic carbocycles. The average Bonchev–Trinajstić information content (AvgIpc) is 3.51. The Bertz CT molecular complexity index is 1450. The van der Waals surface area contributed by atoms with E-state index in [9.17, 15) is 10.1 Å². The standard InChI is InChI=1S/C22H22N10O/c1-2-14(27-19-13(10-23)18(24)29-22(25)30-19)20-28-15-5-3-4-12(11-6-7-11)17(15)21(33)32(20)16-8-9-26-31-16/h3-5,8-9,11,14H,2,6-7H2,1H3,(H,26,31)(H5,24,25,27,29,30). The van der Waals surface area contributed by atoms with Crippen LogP contribution in [-0.2, 0) is 0 Å². The Hall–Kier alpha value is -4.46. The second-order valence-corrected chi connectivity index (χ2v) is 7.98. The number of nitriles is 1. The lowest BCUT2D eigenvalue weighted by Gasteiger charge is -2.22. The first-order valence-corrected chi connectivity index (χ1v) is 10.7. The molecule has 0 amide bonds. The molecule has 1 unspecified atom stereocenters. The van der Waals surface area contributed by atoms with E-state index in [2.05, 4.69) is 25.5 Å². The van der Waals surface area contributed by atoms with Crippen molar-refractivity contribution in [3.8, 4) is 11.9 Å². The smallest absolute Gasteiger partial charge is 0.267 e. The van der Waals surface area contributed by atoms with Gasteiger partial charge in [-0.05, 0) is 36.8 Å². The van der Waals surface area contributed by atoms with Crippen LogP contribution in [0.1, 0.15) is 55.1 Å². The van der Waals surface area contributed by atoms with E-state index in [1.54, 1.807) is 12.3 Å². The fraction of sp³-hybridized carbons (Fsp3) is 0.273. The van der Waals surface area contributed by atoms with E-state index < -0.39 is 6.04 Å². The molecular formula is C22H22N10O. The highest BCUT2D eigenvalue weighted by atomic mass is 16.1. The second kappa shape index (κ2) is 7.90. The van der Waals surface area contributed by atoms with Crippen LogP contribution in [0.15, 0.2) is 35.3 Å². The summed E-state index contributed by atoms with van der Waals surface area (Å²) in [5.74, 6) is 1.44. The number of anilines is 3. The van der Waals surface area contributed by atoms with Crippen LogP contribution in [0.4, 0.5) is 17.6 Å². The molecule has 4 aromatic rings. The first-order valence-electron chi connectivity index (χ1n) is 10.7. The van der Waals surface area contributed by atoms with Crippen molar-refractivity contribution < 1.29 is 0 Å². The third-order valence-corrected chi connectivity index (χ3v) is 5.80. The quantitative estimate of drug-likeness (QED) is 0.349. The third-order valence-electron chi connectivity index (χ3n) is 5.80. The van der Waals surface area contributed by atoms with Gasteiger partial charge in [-0.2, -0.15) is 20.3 Å². The van der Waals surface area contributed by atoms with E-state index in [0.29, 0.717) is 34.9 Å². The van der Waals surface area contributed by atoms with Crippen molar-refractivity contribution in [2.75, 3.05) is 16.8 Å². The number of nitrogens with zero attached hydrogens (tertiary/aromatic N) is 6. The van der Waals surface area contributed by atoms with Crippen LogP contribution in [0.25, 0.3) is 16.7 Å². The van der Waals surface area contributed by atoms with Gasteiger partial charge in [-0.25, -0.2) is 9.55 Å². The summed E-state index contributed by atoms with van der Waals surface area (Å²) in [6, 6.07) is 9.01. The zero-order valence-electron chi connectivity index (χ0n) is 17.9. The van der Waals surface area contributed by atoms with Crippen molar-refractivity contribution in [1.82, 2.24) is 29.7 Å². The maximum atomic E-state index is 13.8. The monoisotopic (exact) mass is 442 g/mol. The number of benzene rings is 1. The Morgan fingerprint density at radius 2 is 2.09 bits per heavy atom. The molecule has 0 bridgehead atoms. The van der Waals surface area contributed by atoms with E-state index in [0.717, 1.165) is 18.4 Å². The lowest BCUT2D eigenvalue weighted by molar-refractivity contribution is 0.652. The van der Waals surface area contributed by atoms with Crippen molar-refractivity contribution in [1.29, 1.82) is 5.26 Å². The van der Waals surface area contributed by atoms with Crippen LogP contribution in [-0.4, -0.2) is 29.7 Å². The van der Waals surface area contributed by atoms with Gasteiger partial charge >= 0.3 is 0 Å². The summed E-state index contributed by atoms with van der Waals surface area (Å²) in [6.45, 7) is 1.94. The number of H-pyrrole nitrogens is 1. The molecule has 1 saturated carbocycles. The molecule has 6 N–H and O–H groups in total. The van der Waals surface area contributed by atoms with Crippen molar-refractivity contribution in [2.24, 2.45) is 0 Å². The van der Waals surface area contributed by atoms with Crippen molar-refractivity contribution >= 4 is 28.5 Å². The summed E-state index contributed by atoms with van der Waals surface area (Å²) in [5, 5.41) is 20.3. The number of hydrogen-bond donors (Lipinski definition) is 4. The Morgan fingerprint density at radius 3 is 2.76 bits per heavy atom. The van der Waals surface area contributed by atoms with Crippen LogP contribution in [0.3, 0.4) is 0 Å². The second-order valence-electron chi connectivity index (χ2n) is 7.98. The number of nitrogens with one attached hydrogen (secondary N) is 2. The number of aromatic amines is 1. The van der Waals surface area contributed by atoms with Gasteiger partial charge in [-0.15, -0.1) is 0 Å². The number of nitrogen functional groups attached to an aromatic ring is 2. The molecule has 0 radical (unpaired) electrons.